The van der Waals surface area contributed by atoms with Gasteiger partial charge in [0.15, 0.2) is 0 Å². The van der Waals surface area contributed by atoms with Crippen molar-refractivity contribution in [2.24, 2.45) is 11.8 Å². The number of esters is 1. The van der Waals surface area contributed by atoms with E-state index in [-0.39, 0.29) is 23.6 Å². The van der Waals surface area contributed by atoms with Crippen LogP contribution >= 0.6 is 0 Å². The maximum Gasteiger partial charge on any atom is 0.309 e. The summed E-state index contributed by atoms with van der Waals surface area (Å²) in [6.07, 6.45) is 1.19. The summed E-state index contributed by atoms with van der Waals surface area (Å²) < 4.78 is 19.0. The zero-order valence-electron chi connectivity index (χ0n) is 11.7. The molecule has 1 heterocycles. The SMILES string of the molecule is O=C1OC[C@H](Cc2ccccc2)[C@H]1Cc1ccccc1F. The number of rotatable bonds is 4. The fourth-order valence-corrected chi connectivity index (χ4v) is 2.87. The normalized spacial score (nSPS) is 21.3. The monoisotopic (exact) mass is 284 g/mol. The van der Waals surface area contributed by atoms with Gasteiger partial charge in [0.2, 0.25) is 0 Å². The number of carbonyl (C=O) groups is 1. The molecule has 21 heavy (non-hydrogen) atoms. The van der Waals surface area contributed by atoms with Crippen LogP contribution in [0.3, 0.4) is 0 Å². The fourth-order valence-electron chi connectivity index (χ4n) is 2.87. The van der Waals surface area contributed by atoms with Crippen LogP contribution < -0.4 is 0 Å². The van der Waals surface area contributed by atoms with E-state index in [2.05, 4.69) is 0 Å². The van der Waals surface area contributed by atoms with E-state index >= 15 is 0 Å². The molecule has 1 saturated heterocycles. The van der Waals surface area contributed by atoms with Crippen LogP contribution in [0.15, 0.2) is 54.6 Å². The van der Waals surface area contributed by atoms with Gasteiger partial charge in [-0.25, -0.2) is 4.39 Å². The van der Waals surface area contributed by atoms with E-state index in [1.165, 1.54) is 11.6 Å². The van der Waals surface area contributed by atoms with Crippen molar-refractivity contribution in [2.45, 2.75) is 12.8 Å². The number of halogens is 1. The third-order valence-electron chi connectivity index (χ3n) is 4.05. The van der Waals surface area contributed by atoms with Crippen molar-refractivity contribution < 1.29 is 13.9 Å². The van der Waals surface area contributed by atoms with E-state index in [1.54, 1.807) is 18.2 Å². The molecule has 0 aliphatic carbocycles. The summed E-state index contributed by atoms with van der Waals surface area (Å²) in [5.74, 6) is -0.614. The van der Waals surface area contributed by atoms with E-state index in [0.717, 1.165) is 6.42 Å². The summed E-state index contributed by atoms with van der Waals surface area (Å²) in [5.41, 5.74) is 1.76. The van der Waals surface area contributed by atoms with Gasteiger partial charge >= 0.3 is 5.97 Å². The van der Waals surface area contributed by atoms with Crippen LogP contribution in [0, 0.1) is 17.7 Å². The highest BCUT2D eigenvalue weighted by atomic mass is 19.1. The molecule has 2 nitrogen and oxygen atoms in total. The Balaban J connectivity index is 1.75. The smallest absolute Gasteiger partial charge is 0.309 e. The Morgan fingerprint density at radius 2 is 1.71 bits per heavy atom. The van der Waals surface area contributed by atoms with Crippen molar-refractivity contribution in [2.75, 3.05) is 6.61 Å². The first-order valence-corrected chi connectivity index (χ1v) is 7.18. The second-order valence-electron chi connectivity index (χ2n) is 5.48. The van der Waals surface area contributed by atoms with Crippen molar-refractivity contribution in [1.29, 1.82) is 0 Å². The summed E-state index contributed by atoms with van der Waals surface area (Å²) in [6.45, 7) is 0.423. The molecule has 0 aromatic heterocycles. The molecule has 0 bridgehead atoms. The average molecular weight is 284 g/mol. The second-order valence-corrected chi connectivity index (χ2v) is 5.48. The van der Waals surface area contributed by atoms with Crippen LogP contribution in [0.25, 0.3) is 0 Å². The molecule has 0 amide bonds. The lowest BCUT2D eigenvalue weighted by atomic mass is 9.85. The molecule has 0 unspecified atom stereocenters. The molecule has 2 atom stereocenters. The van der Waals surface area contributed by atoms with Crippen LogP contribution in [0.5, 0.6) is 0 Å². The van der Waals surface area contributed by atoms with Gasteiger partial charge in [-0.1, -0.05) is 48.5 Å². The van der Waals surface area contributed by atoms with Gasteiger partial charge in [-0.05, 0) is 30.0 Å². The van der Waals surface area contributed by atoms with Crippen molar-refractivity contribution in [3.63, 3.8) is 0 Å². The minimum Gasteiger partial charge on any atom is -0.465 e. The third-order valence-corrected chi connectivity index (χ3v) is 4.05. The fraction of sp³-hybridized carbons (Fsp3) is 0.278. The third kappa shape index (κ3) is 3.13. The zero-order chi connectivity index (χ0) is 14.7. The minimum atomic E-state index is -0.262. The van der Waals surface area contributed by atoms with E-state index in [1.807, 2.05) is 30.3 Å². The Morgan fingerprint density at radius 3 is 2.48 bits per heavy atom. The molecule has 3 heteroatoms. The lowest BCUT2D eigenvalue weighted by Crippen LogP contribution is -2.21. The van der Waals surface area contributed by atoms with Crippen LogP contribution in [0.4, 0.5) is 4.39 Å². The maximum absolute atomic E-state index is 13.8. The molecule has 2 aromatic carbocycles. The topological polar surface area (TPSA) is 26.3 Å². The van der Waals surface area contributed by atoms with Crippen LogP contribution in [-0.2, 0) is 22.4 Å². The zero-order valence-corrected chi connectivity index (χ0v) is 11.7. The number of cyclic esters (lactones) is 1. The highest BCUT2D eigenvalue weighted by Crippen LogP contribution is 2.29. The maximum atomic E-state index is 13.8. The molecule has 108 valence electrons. The Morgan fingerprint density at radius 1 is 1.00 bits per heavy atom. The number of benzene rings is 2. The highest BCUT2D eigenvalue weighted by Gasteiger charge is 2.37. The number of hydrogen-bond acceptors (Lipinski definition) is 2. The number of carbonyl (C=O) groups excluding carboxylic acids is 1. The van der Waals surface area contributed by atoms with Crippen molar-refractivity contribution >= 4 is 5.97 Å². The van der Waals surface area contributed by atoms with E-state index in [4.69, 9.17) is 4.74 Å². The summed E-state index contributed by atoms with van der Waals surface area (Å²) in [5, 5.41) is 0. The molecule has 0 spiro atoms. The summed E-state index contributed by atoms with van der Waals surface area (Å²) >= 11 is 0. The molecule has 1 aliphatic rings. The van der Waals surface area contributed by atoms with Crippen LogP contribution in [0.1, 0.15) is 11.1 Å². The standard InChI is InChI=1S/C18H17FO2/c19-17-9-5-4-8-14(17)11-16-15(12-21-18(16)20)10-13-6-2-1-3-7-13/h1-9,15-16H,10-12H2/t15-,16+/m0/s1. The largest absolute Gasteiger partial charge is 0.465 e. The molecule has 0 N–H and O–H groups in total. The van der Waals surface area contributed by atoms with Gasteiger partial charge < -0.3 is 4.74 Å². The van der Waals surface area contributed by atoms with Gasteiger partial charge in [0.05, 0.1) is 12.5 Å². The summed E-state index contributed by atoms with van der Waals surface area (Å²) in [4.78, 5) is 11.9. The predicted molar refractivity (Wildman–Crippen MR) is 78.2 cm³/mol. The minimum absolute atomic E-state index is 0.111. The van der Waals surface area contributed by atoms with Crippen molar-refractivity contribution in [1.82, 2.24) is 0 Å². The van der Waals surface area contributed by atoms with Gasteiger partial charge in [-0.15, -0.1) is 0 Å². The molecular weight excluding hydrogens is 267 g/mol. The molecule has 1 fully saturated rings. The summed E-state index contributed by atoms with van der Waals surface area (Å²) in [6, 6.07) is 16.7. The van der Waals surface area contributed by atoms with Crippen molar-refractivity contribution in [3.05, 3.63) is 71.5 Å². The van der Waals surface area contributed by atoms with Gasteiger partial charge in [0.1, 0.15) is 5.82 Å². The first kappa shape index (κ1) is 13.8. The lowest BCUT2D eigenvalue weighted by molar-refractivity contribution is -0.141. The molecule has 3 rings (SSSR count). The van der Waals surface area contributed by atoms with E-state index < -0.39 is 0 Å². The molecule has 2 aromatic rings. The number of ether oxygens (including phenoxy) is 1. The highest BCUT2D eigenvalue weighted by molar-refractivity contribution is 5.75. The van der Waals surface area contributed by atoms with Gasteiger partial charge in [-0.2, -0.15) is 0 Å². The predicted octanol–water partition coefficient (Wildman–Crippen LogP) is 3.40. The molecule has 0 saturated carbocycles. The van der Waals surface area contributed by atoms with Gasteiger partial charge in [0.25, 0.3) is 0 Å². The van der Waals surface area contributed by atoms with Crippen molar-refractivity contribution in [3.8, 4) is 0 Å². The second kappa shape index (κ2) is 6.08. The number of hydrogen-bond donors (Lipinski definition) is 0. The molecular formula is C18H17FO2. The quantitative estimate of drug-likeness (QED) is 0.804. The molecule has 1 aliphatic heterocycles. The lowest BCUT2D eigenvalue weighted by Gasteiger charge is -2.15. The first-order chi connectivity index (χ1) is 10.2. The summed E-state index contributed by atoms with van der Waals surface area (Å²) in [7, 11) is 0. The van der Waals surface area contributed by atoms with E-state index in [0.29, 0.717) is 18.6 Å². The Kier molecular flexibility index (Phi) is 4.00. The molecule has 0 radical (unpaired) electrons. The average Bonchev–Trinajstić information content (AvgIpc) is 2.84. The van der Waals surface area contributed by atoms with Crippen LogP contribution in [-0.4, -0.2) is 12.6 Å². The van der Waals surface area contributed by atoms with E-state index in [9.17, 15) is 9.18 Å². The Hall–Kier alpha value is -2.16. The van der Waals surface area contributed by atoms with Crippen LogP contribution in [0.2, 0.25) is 0 Å². The Labute approximate surface area is 123 Å². The van der Waals surface area contributed by atoms with Gasteiger partial charge in [0, 0.05) is 5.92 Å². The Bertz CT molecular complexity index is 624. The van der Waals surface area contributed by atoms with Gasteiger partial charge in [-0.3, -0.25) is 4.79 Å². The first-order valence-electron chi connectivity index (χ1n) is 7.18.